The van der Waals surface area contributed by atoms with Gasteiger partial charge in [-0.1, -0.05) is 12.1 Å². The first-order valence-corrected chi connectivity index (χ1v) is 16.6. The van der Waals surface area contributed by atoms with Gasteiger partial charge in [0.05, 0.1) is 26.2 Å². The van der Waals surface area contributed by atoms with Gasteiger partial charge in [0.1, 0.15) is 48.0 Å². The number of aliphatic hydroxyl groups excluding tert-OH is 3. The Labute approximate surface area is 313 Å². The molecule has 0 aliphatic heterocycles. The largest absolute Gasteiger partial charge is 0.508 e. The molecule has 0 aliphatic carbocycles. The number of carboxylic acid groups (broad SMARTS) is 1. The molecule has 0 heterocycles. The predicted molar refractivity (Wildman–Crippen MR) is 190 cm³/mol. The van der Waals surface area contributed by atoms with Gasteiger partial charge in [-0.3, -0.25) is 38.6 Å². The van der Waals surface area contributed by atoms with E-state index in [2.05, 4.69) is 31.6 Å². The van der Waals surface area contributed by atoms with Crippen molar-refractivity contribution >= 4 is 53.3 Å². The average molecular weight is 784 g/mol. The first kappa shape index (κ1) is 46.9. The van der Waals surface area contributed by atoms with E-state index in [-0.39, 0.29) is 37.5 Å². The van der Waals surface area contributed by atoms with Crippen LogP contribution in [0.3, 0.4) is 0 Å². The lowest BCUT2D eigenvalue weighted by Gasteiger charge is -2.27. The summed E-state index contributed by atoms with van der Waals surface area (Å²) in [6.45, 7) is -1.55. The molecule has 19 N–H and O–H groups in total. The number of hydrogen-bond donors (Lipinski definition) is 15. The van der Waals surface area contributed by atoms with Crippen molar-refractivity contribution in [3.05, 3.63) is 29.8 Å². The zero-order chi connectivity index (χ0) is 41.8. The molecule has 0 aliphatic rings. The smallest absolute Gasteiger partial charge is 0.328 e. The average Bonchev–Trinajstić information content (AvgIpc) is 3.12. The Hall–Kier alpha value is -6.11. The Bertz CT molecular complexity index is 1540. The molecule has 0 saturated heterocycles. The molecular weight excluding hydrogens is 734 g/mol. The van der Waals surface area contributed by atoms with Crippen LogP contribution < -0.4 is 54.8 Å². The summed E-state index contributed by atoms with van der Waals surface area (Å²) in [5.41, 5.74) is 21.7. The number of hydrogen-bond acceptors (Lipinski definition) is 14. The third kappa shape index (κ3) is 17.1. The Kier molecular flexibility index (Phi) is 20.1. The highest BCUT2D eigenvalue weighted by Crippen LogP contribution is 2.12. The zero-order valence-corrected chi connectivity index (χ0v) is 29.8. The van der Waals surface area contributed by atoms with Crippen molar-refractivity contribution in [2.45, 2.75) is 74.9 Å². The van der Waals surface area contributed by atoms with Gasteiger partial charge in [-0.05, 0) is 37.5 Å². The first-order chi connectivity index (χ1) is 25.8. The van der Waals surface area contributed by atoms with E-state index in [9.17, 15) is 58.8 Å². The molecule has 1 rings (SSSR count). The SMILES string of the molecule is C[C@H](NC(=O)[C@@H](N)CO)C(=O)N[C@@H](CO)C(=O)N[C@@H](Cc1ccc(O)cc1)C(=O)N[C@@H](CCCN=C(N)N)C(=O)N[C@@H](CC(N)=O)C(=O)N[C@@H](CO)C(=O)O. The Morgan fingerprint density at radius 3 is 1.67 bits per heavy atom. The quantitative estimate of drug-likeness (QED) is 0.0263. The van der Waals surface area contributed by atoms with E-state index >= 15 is 0 Å². The number of nitrogens with zero attached hydrogens (tertiary/aromatic N) is 1. The van der Waals surface area contributed by atoms with Crippen molar-refractivity contribution < 1.29 is 63.9 Å². The van der Waals surface area contributed by atoms with Crippen LogP contribution in [0.4, 0.5) is 0 Å². The summed E-state index contributed by atoms with van der Waals surface area (Å²) in [6, 6.07) is -5.59. The van der Waals surface area contributed by atoms with E-state index in [0.29, 0.717) is 5.56 Å². The number of phenols is 1. The molecule has 0 bridgehead atoms. The summed E-state index contributed by atoms with van der Waals surface area (Å²) in [6.07, 6.45) is -1.29. The van der Waals surface area contributed by atoms with Gasteiger partial charge in [0.2, 0.25) is 41.4 Å². The fourth-order valence-corrected chi connectivity index (χ4v) is 4.49. The van der Waals surface area contributed by atoms with Crippen LogP contribution in [-0.2, 0) is 44.8 Å². The minimum absolute atomic E-state index is 0.0413. The maximum absolute atomic E-state index is 13.8. The second kappa shape index (κ2) is 23.5. The lowest BCUT2D eigenvalue weighted by Crippen LogP contribution is -2.60. The molecule has 306 valence electrons. The number of amides is 7. The number of aliphatic hydroxyl groups is 3. The number of rotatable bonds is 24. The fourth-order valence-electron chi connectivity index (χ4n) is 4.49. The molecule has 55 heavy (non-hydrogen) atoms. The molecule has 0 fully saturated rings. The number of benzene rings is 1. The van der Waals surface area contributed by atoms with E-state index in [1.807, 2.05) is 5.32 Å². The Morgan fingerprint density at radius 2 is 1.15 bits per heavy atom. The highest BCUT2D eigenvalue weighted by molar-refractivity contribution is 5.98. The second-order valence-corrected chi connectivity index (χ2v) is 12.0. The number of carboxylic acids is 1. The number of aromatic hydroxyl groups is 1. The number of guanidine groups is 1. The van der Waals surface area contributed by atoms with Crippen molar-refractivity contribution in [3.8, 4) is 5.75 Å². The number of carbonyl (C=O) groups is 8. The Balaban J connectivity index is 3.40. The van der Waals surface area contributed by atoms with Crippen molar-refractivity contribution in [1.82, 2.24) is 31.9 Å². The number of nitrogens with one attached hydrogen (secondary N) is 6. The van der Waals surface area contributed by atoms with Gasteiger partial charge in [-0.25, -0.2) is 4.79 Å². The lowest BCUT2D eigenvalue weighted by atomic mass is 10.0. The summed E-state index contributed by atoms with van der Waals surface area (Å²) in [7, 11) is 0. The summed E-state index contributed by atoms with van der Waals surface area (Å²) in [5, 5.41) is 60.6. The predicted octanol–water partition coefficient (Wildman–Crippen LogP) is -7.82. The lowest BCUT2D eigenvalue weighted by molar-refractivity contribution is -0.143. The van der Waals surface area contributed by atoms with Crippen LogP contribution in [-0.4, -0.2) is 147 Å². The molecule has 0 spiro atoms. The summed E-state index contributed by atoms with van der Waals surface area (Å²) in [5.74, 6) is -9.36. The number of primary amides is 1. The molecule has 7 atom stereocenters. The number of aliphatic carboxylic acids is 1. The number of nitrogens with two attached hydrogens (primary N) is 4. The molecule has 1 aromatic carbocycles. The third-order valence-corrected chi connectivity index (χ3v) is 7.52. The maximum Gasteiger partial charge on any atom is 0.328 e. The second-order valence-electron chi connectivity index (χ2n) is 12.0. The van der Waals surface area contributed by atoms with Crippen LogP contribution in [0.25, 0.3) is 0 Å². The van der Waals surface area contributed by atoms with Gasteiger partial charge >= 0.3 is 5.97 Å². The van der Waals surface area contributed by atoms with Crippen molar-refractivity contribution in [2.75, 3.05) is 26.4 Å². The number of aliphatic imine (C=N–C) groups is 1. The molecule has 7 amide bonds. The normalized spacial score (nSPS) is 14.6. The first-order valence-electron chi connectivity index (χ1n) is 16.6. The molecule has 0 radical (unpaired) electrons. The Morgan fingerprint density at radius 1 is 0.655 bits per heavy atom. The van der Waals surface area contributed by atoms with Gasteiger partial charge in [-0.2, -0.15) is 0 Å². The van der Waals surface area contributed by atoms with E-state index < -0.39 is 116 Å². The minimum atomic E-state index is -1.81. The standard InChI is InChI=1S/C31H49N11O13/c1-14(37-25(49)17(32)11-43)24(48)41-21(12-44)29(53)39-19(9-15-4-6-16(46)7-5-15)27(51)38-18(3-2-8-36-31(34)35)26(50)40-20(10-23(33)47)28(52)42-22(13-45)30(54)55/h4-7,14,17-22,43-46H,2-3,8-13,32H2,1H3,(H2,33,47)(H,37,49)(H,38,51)(H,39,53)(H,40,50)(H,41,48)(H,42,52)(H,54,55)(H4,34,35,36)/t14-,17-,18-,19-,20-,21-,22-/m0/s1. The van der Waals surface area contributed by atoms with Gasteiger partial charge in [0.15, 0.2) is 5.96 Å². The topological polar surface area (TPSA) is 426 Å². The molecule has 0 aromatic heterocycles. The van der Waals surface area contributed by atoms with E-state index in [4.69, 9.17) is 28.0 Å². The molecule has 1 aromatic rings. The molecule has 24 heteroatoms. The molecule has 0 unspecified atom stereocenters. The van der Waals surface area contributed by atoms with Gasteiger partial charge in [0, 0.05) is 13.0 Å². The molecule has 0 saturated carbocycles. The van der Waals surface area contributed by atoms with Crippen LogP contribution in [0, 0.1) is 0 Å². The van der Waals surface area contributed by atoms with Crippen LogP contribution >= 0.6 is 0 Å². The maximum atomic E-state index is 13.8. The van der Waals surface area contributed by atoms with Gasteiger partial charge in [-0.15, -0.1) is 0 Å². The van der Waals surface area contributed by atoms with Crippen molar-refractivity contribution in [3.63, 3.8) is 0 Å². The number of carbonyl (C=O) groups excluding carboxylic acids is 7. The summed E-state index contributed by atoms with van der Waals surface area (Å²) >= 11 is 0. The highest BCUT2D eigenvalue weighted by atomic mass is 16.4. The minimum Gasteiger partial charge on any atom is -0.508 e. The number of phenolic OH excluding ortho intramolecular Hbond substituents is 1. The summed E-state index contributed by atoms with van der Waals surface area (Å²) in [4.78, 5) is 105. The van der Waals surface area contributed by atoms with E-state index in [0.717, 1.165) is 0 Å². The monoisotopic (exact) mass is 783 g/mol. The van der Waals surface area contributed by atoms with Gasteiger partial charge in [0.25, 0.3) is 0 Å². The van der Waals surface area contributed by atoms with Crippen molar-refractivity contribution in [1.29, 1.82) is 0 Å². The van der Waals surface area contributed by atoms with Crippen molar-refractivity contribution in [2.24, 2.45) is 27.9 Å². The third-order valence-electron chi connectivity index (χ3n) is 7.52. The van der Waals surface area contributed by atoms with Crippen LogP contribution in [0.2, 0.25) is 0 Å². The van der Waals surface area contributed by atoms with Crippen LogP contribution in [0.15, 0.2) is 29.3 Å². The van der Waals surface area contributed by atoms with Crippen LogP contribution in [0.5, 0.6) is 5.75 Å². The molecule has 24 nitrogen and oxygen atoms in total. The van der Waals surface area contributed by atoms with E-state index in [1.165, 1.54) is 31.2 Å². The molecular formula is C31H49N11O13. The highest BCUT2D eigenvalue weighted by Gasteiger charge is 2.33. The van der Waals surface area contributed by atoms with Crippen LogP contribution in [0.1, 0.15) is 31.7 Å². The van der Waals surface area contributed by atoms with Gasteiger partial charge < -0.3 is 80.4 Å². The summed E-state index contributed by atoms with van der Waals surface area (Å²) < 4.78 is 0. The fraction of sp³-hybridized carbons (Fsp3) is 0.516. The van der Waals surface area contributed by atoms with E-state index in [1.54, 1.807) is 0 Å². The zero-order valence-electron chi connectivity index (χ0n) is 29.8.